The third-order valence-corrected chi connectivity index (χ3v) is 5.35. The van der Waals surface area contributed by atoms with E-state index in [0.717, 1.165) is 25.3 Å². The van der Waals surface area contributed by atoms with Crippen LogP contribution >= 0.6 is 11.8 Å². The zero-order chi connectivity index (χ0) is 14.6. The maximum absolute atomic E-state index is 12.1. The Morgan fingerprint density at radius 2 is 2.11 bits per heavy atom. The summed E-state index contributed by atoms with van der Waals surface area (Å²) in [5.41, 5.74) is 11.5. The van der Waals surface area contributed by atoms with E-state index in [4.69, 9.17) is 11.5 Å². The number of hydrogen-bond donors (Lipinski definition) is 2. The van der Waals surface area contributed by atoms with Gasteiger partial charge in [0.1, 0.15) is 0 Å². The van der Waals surface area contributed by atoms with Crippen molar-refractivity contribution in [1.29, 1.82) is 0 Å². The van der Waals surface area contributed by atoms with Crippen molar-refractivity contribution in [2.24, 2.45) is 22.8 Å². The van der Waals surface area contributed by atoms with Crippen LogP contribution in [0.5, 0.6) is 0 Å². The van der Waals surface area contributed by atoms with Crippen LogP contribution in [-0.2, 0) is 4.79 Å². The molecule has 1 aliphatic rings. The van der Waals surface area contributed by atoms with Crippen molar-refractivity contribution in [2.75, 3.05) is 25.4 Å². The molecule has 0 saturated carbocycles. The molecular weight excluding hydrogens is 258 g/mol. The predicted octanol–water partition coefficient (Wildman–Crippen LogP) is 1.29. The van der Waals surface area contributed by atoms with E-state index in [1.165, 1.54) is 0 Å². The van der Waals surface area contributed by atoms with Crippen LogP contribution in [0.4, 0.5) is 0 Å². The number of nitrogens with two attached hydrogens (primary N) is 2. The smallest absolute Gasteiger partial charge is 0.240 e. The van der Waals surface area contributed by atoms with Crippen LogP contribution in [0.15, 0.2) is 0 Å². The van der Waals surface area contributed by atoms with Crippen molar-refractivity contribution in [3.8, 4) is 0 Å². The van der Waals surface area contributed by atoms with Crippen LogP contribution in [0.25, 0.3) is 0 Å². The van der Waals surface area contributed by atoms with Crippen LogP contribution in [0.2, 0.25) is 0 Å². The minimum absolute atomic E-state index is 0.0104. The average Bonchev–Trinajstić information content (AvgIpc) is 2.36. The van der Waals surface area contributed by atoms with E-state index in [1.54, 1.807) is 0 Å². The van der Waals surface area contributed by atoms with Crippen LogP contribution in [0, 0.1) is 11.3 Å². The van der Waals surface area contributed by atoms with Crippen molar-refractivity contribution < 1.29 is 4.79 Å². The summed E-state index contributed by atoms with van der Waals surface area (Å²) in [6, 6.07) is -0.538. The maximum atomic E-state index is 12.1. The molecule has 1 fully saturated rings. The fourth-order valence-electron chi connectivity index (χ4n) is 2.15. The first-order valence-corrected chi connectivity index (χ1v) is 8.16. The first-order chi connectivity index (χ1) is 8.75. The largest absolute Gasteiger partial charge is 0.339 e. The van der Waals surface area contributed by atoms with Crippen LogP contribution in [-0.4, -0.2) is 47.5 Å². The Bertz CT molecular complexity index is 304. The number of nitrogens with zero attached hydrogens (tertiary/aromatic N) is 1. The number of hydrogen-bond acceptors (Lipinski definition) is 4. The topological polar surface area (TPSA) is 72.3 Å². The molecule has 3 atom stereocenters. The first kappa shape index (κ1) is 16.8. The molecule has 1 heterocycles. The van der Waals surface area contributed by atoms with Crippen molar-refractivity contribution in [1.82, 2.24) is 4.90 Å². The molecule has 5 heteroatoms. The molecule has 1 amide bonds. The summed E-state index contributed by atoms with van der Waals surface area (Å²) in [5.74, 6) is 1.66. The van der Waals surface area contributed by atoms with Crippen LogP contribution < -0.4 is 11.5 Å². The number of thioether (sulfide) groups is 1. The highest BCUT2D eigenvalue weighted by Gasteiger charge is 2.30. The molecule has 3 unspecified atom stereocenters. The molecule has 4 nitrogen and oxygen atoms in total. The molecule has 112 valence electrons. The molecule has 0 aromatic rings. The van der Waals surface area contributed by atoms with E-state index in [9.17, 15) is 4.79 Å². The lowest BCUT2D eigenvalue weighted by Gasteiger charge is -2.37. The van der Waals surface area contributed by atoms with Crippen molar-refractivity contribution >= 4 is 17.7 Å². The molecular formula is C14H29N3OS. The van der Waals surface area contributed by atoms with Crippen LogP contribution in [0.1, 0.15) is 34.1 Å². The molecule has 4 N–H and O–H groups in total. The predicted molar refractivity (Wildman–Crippen MR) is 83.1 cm³/mol. The van der Waals surface area contributed by atoms with E-state index >= 15 is 0 Å². The molecule has 1 aliphatic heterocycles. The highest BCUT2D eigenvalue weighted by molar-refractivity contribution is 8.00. The molecule has 0 aliphatic carbocycles. The van der Waals surface area contributed by atoms with Gasteiger partial charge in [-0.05, 0) is 17.8 Å². The second-order valence-corrected chi connectivity index (χ2v) is 8.03. The number of rotatable bonds is 4. The minimum Gasteiger partial charge on any atom is -0.339 e. The summed E-state index contributed by atoms with van der Waals surface area (Å²) in [5, 5.41) is 0.525. The van der Waals surface area contributed by atoms with Gasteiger partial charge in [-0.2, -0.15) is 11.8 Å². The van der Waals surface area contributed by atoms with Gasteiger partial charge in [-0.1, -0.05) is 27.7 Å². The van der Waals surface area contributed by atoms with Gasteiger partial charge in [0, 0.05) is 30.6 Å². The van der Waals surface area contributed by atoms with Gasteiger partial charge >= 0.3 is 0 Å². The van der Waals surface area contributed by atoms with Gasteiger partial charge in [0.05, 0.1) is 6.04 Å². The Morgan fingerprint density at radius 3 is 2.63 bits per heavy atom. The molecule has 0 spiro atoms. The normalized spacial score (nSPS) is 24.1. The van der Waals surface area contributed by atoms with Gasteiger partial charge in [-0.15, -0.1) is 0 Å². The fraction of sp³-hybridized carbons (Fsp3) is 0.929. The van der Waals surface area contributed by atoms with E-state index in [2.05, 4.69) is 27.7 Å². The van der Waals surface area contributed by atoms with Gasteiger partial charge in [-0.3, -0.25) is 4.79 Å². The lowest BCUT2D eigenvalue weighted by molar-refractivity contribution is -0.132. The SMILES string of the molecule is CC(CC1CN(C(=O)C(N)CN)CCS1)C(C)(C)C. The monoisotopic (exact) mass is 287 g/mol. The summed E-state index contributed by atoms with van der Waals surface area (Å²) < 4.78 is 0. The first-order valence-electron chi connectivity index (χ1n) is 7.11. The zero-order valence-corrected chi connectivity index (χ0v) is 13.5. The average molecular weight is 287 g/mol. The van der Waals surface area contributed by atoms with Crippen molar-refractivity contribution in [2.45, 2.75) is 45.4 Å². The highest BCUT2D eigenvalue weighted by atomic mass is 32.2. The zero-order valence-electron chi connectivity index (χ0n) is 12.7. The Kier molecular flexibility index (Phi) is 6.15. The molecule has 0 bridgehead atoms. The second kappa shape index (κ2) is 6.95. The summed E-state index contributed by atoms with van der Waals surface area (Å²) in [7, 11) is 0. The number of carbonyl (C=O) groups is 1. The Morgan fingerprint density at radius 1 is 1.47 bits per heavy atom. The third-order valence-electron chi connectivity index (χ3n) is 4.12. The summed E-state index contributed by atoms with van der Waals surface area (Å²) in [6.45, 7) is 11.0. The van der Waals surface area contributed by atoms with Gasteiger partial charge in [-0.25, -0.2) is 0 Å². The fourth-order valence-corrected chi connectivity index (χ4v) is 3.51. The molecule has 19 heavy (non-hydrogen) atoms. The van der Waals surface area contributed by atoms with E-state index in [-0.39, 0.29) is 12.5 Å². The molecule has 0 aromatic carbocycles. The van der Waals surface area contributed by atoms with E-state index in [1.807, 2.05) is 16.7 Å². The van der Waals surface area contributed by atoms with Gasteiger partial charge < -0.3 is 16.4 Å². The quantitative estimate of drug-likeness (QED) is 0.817. The summed E-state index contributed by atoms with van der Waals surface area (Å²) >= 11 is 1.98. The van der Waals surface area contributed by atoms with Crippen molar-refractivity contribution in [3.63, 3.8) is 0 Å². The summed E-state index contributed by atoms with van der Waals surface area (Å²) in [6.07, 6.45) is 1.15. The standard InChI is InChI=1S/C14H29N3OS/c1-10(14(2,3)4)7-11-9-17(5-6-19-11)13(18)12(16)8-15/h10-12H,5-9,15-16H2,1-4H3. The number of carbonyl (C=O) groups excluding carboxylic acids is 1. The number of amides is 1. The second-order valence-electron chi connectivity index (χ2n) is 6.62. The Hall–Kier alpha value is -0.260. The molecule has 1 rings (SSSR count). The minimum atomic E-state index is -0.538. The third kappa shape index (κ3) is 4.97. The Balaban J connectivity index is 2.53. The molecule has 0 radical (unpaired) electrons. The molecule has 1 saturated heterocycles. The lowest BCUT2D eigenvalue weighted by atomic mass is 9.79. The molecule has 0 aromatic heterocycles. The lowest BCUT2D eigenvalue weighted by Crippen LogP contribution is -2.52. The summed E-state index contributed by atoms with van der Waals surface area (Å²) in [4.78, 5) is 14.0. The Labute approximate surface area is 121 Å². The van der Waals surface area contributed by atoms with Gasteiger partial charge in [0.2, 0.25) is 5.91 Å². The van der Waals surface area contributed by atoms with Crippen molar-refractivity contribution in [3.05, 3.63) is 0 Å². The maximum Gasteiger partial charge on any atom is 0.240 e. The van der Waals surface area contributed by atoms with Crippen LogP contribution in [0.3, 0.4) is 0 Å². The van der Waals surface area contributed by atoms with E-state index < -0.39 is 6.04 Å². The van der Waals surface area contributed by atoms with Gasteiger partial charge in [0.25, 0.3) is 0 Å². The van der Waals surface area contributed by atoms with Gasteiger partial charge in [0.15, 0.2) is 0 Å². The van der Waals surface area contributed by atoms with E-state index in [0.29, 0.717) is 16.6 Å². The highest BCUT2D eigenvalue weighted by Crippen LogP contribution is 2.33.